The van der Waals surface area contributed by atoms with E-state index in [0.717, 1.165) is 21.7 Å². The highest BCUT2D eigenvalue weighted by atomic mass is 16.5. The number of amides is 1. The molecule has 2 aromatic carbocycles. The fraction of sp³-hybridized carbons (Fsp3) is 0.300. The highest BCUT2D eigenvalue weighted by Gasteiger charge is 2.16. The van der Waals surface area contributed by atoms with E-state index < -0.39 is 0 Å². The summed E-state index contributed by atoms with van der Waals surface area (Å²) in [6, 6.07) is 13.2. The standard InChI is InChI=1S/C20H20N2O4/c23-18(22-7-9-25-10-8-22)13-21-12-15-11-19(24)26-17-6-5-14-3-1-2-4-16(14)20(15)17/h1-6,11,21H,7-10,12-13H2. The molecule has 0 bridgehead atoms. The van der Waals surface area contributed by atoms with Crippen molar-refractivity contribution < 1.29 is 13.9 Å². The van der Waals surface area contributed by atoms with Crippen LogP contribution in [0.15, 0.2) is 51.7 Å². The Labute approximate surface area is 150 Å². The van der Waals surface area contributed by atoms with E-state index in [0.29, 0.717) is 38.4 Å². The first-order valence-corrected chi connectivity index (χ1v) is 8.73. The zero-order chi connectivity index (χ0) is 17.9. The predicted octanol–water partition coefficient (Wildman–Crippen LogP) is 1.89. The maximum absolute atomic E-state index is 12.3. The molecule has 0 unspecified atom stereocenters. The topological polar surface area (TPSA) is 71.8 Å². The molecule has 134 valence electrons. The highest BCUT2D eigenvalue weighted by Crippen LogP contribution is 2.27. The summed E-state index contributed by atoms with van der Waals surface area (Å²) < 4.78 is 10.6. The molecule has 1 N–H and O–H groups in total. The van der Waals surface area contributed by atoms with E-state index >= 15 is 0 Å². The van der Waals surface area contributed by atoms with Gasteiger partial charge in [-0.2, -0.15) is 0 Å². The minimum atomic E-state index is -0.385. The fourth-order valence-corrected chi connectivity index (χ4v) is 3.39. The molecule has 6 heteroatoms. The minimum Gasteiger partial charge on any atom is -0.423 e. The van der Waals surface area contributed by atoms with E-state index in [1.54, 1.807) is 4.90 Å². The molecule has 0 saturated carbocycles. The normalized spacial score (nSPS) is 14.8. The van der Waals surface area contributed by atoms with Gasteiger partial charge in [-0.15, -0.1) is 0 Å². The fourth-order valence-electron chi connectivity index (χ4n) is 3.39. The number of carbonyl (C=O) groups excluding carboxylic acids is 1. The third kappa shape index (κ3) is 3.34. The summed E-state index contributed by atoms with van der Waals surface area (Å²) in [7, 11) is 0. The van der Waals surface area contributed by atoms with Crippen LogP contribution in [0.25, 0.3) is 21.7 Å². The van der Waals surface area contributed by atoms with Crippen LogP contribution in [0.5, 0.6) is 0 Å². The van der Waals surface area contributed by atoms with Crippen molar-refractivity contribution in [3.63, 3.8) is 0 Å². The summed E-state index contributed by atoms with van der Waals surface area (Å²) in [5.41, 5.74) is 1.01. The number of benzene rings is 2. The van der Waals surface area contributed by atoms with Crippen LogP contribution in [-0.4, -0.2) is 43.7 Å². The molecule has 1 amide bonds. The number of hydrogen-bond donors (Lipinski definition) is 1. The van der Waals surface area contributed by atoms with Gasteiger partial charge >= 0.3 is 5.63 Å². The largest absolute Gasteiger partial charge is 0.423 e. The molecule has 4 rings (SSSR count). The lowest BCUT2D eigenvalue weighted by Gasteiger charge is -2.27. The molecule has 2 heterocycles. The van der Waals surface area contributed by atoms with Crippen LogP contribution in [-0.2, 0) is 16.1 Å². The Kier molecular flexibility index (Phi) is 4.69. The number of nitrogens with one attached hydrogen (secondary N) is 1. The lowest BCUT2D eigenvalue weighted by molar-refractivity contribution is -0.134. The lowest BCUT2D eigenvalue weighted by atomic mass is 10.0. The Balaban J connectivity index is 1.58. The van der Waals surface area contributed by atoms with Gasteiger partial charge in [0.2, 0.25) is 5.91 Å². The average Bonchev–Trinajstić information content (AvgIpc) is 2.68. The summed E-state index contributed by atoms with van der Waals surface area (Å²) in [5.74, 6) is 0.0467. The zero-order valence-corrected chi connectivity index (χ0v) is 14.4. The van der Waals surface area contributed by atoms with Gasteiger partial charge in [-0.05, 0) is 22.4 Å². The summed E-state index contributed by atoms with van der Waals surface area (Å²) in [4.78, 5) is 26.0. The lowest BCUT2D eigenvalue weighted by Crippen LogP contribution is -2.44. The Morgan fingerprint density at radius 1 is 1.12 bits per heavy atom. The molecule has 0 atom stereocenters. The monoisotopic (exact) mass is 352 g/mol. The van der Waals surface area contributed by atoms with Crippen molar-refractivity contribution in [3.05, 3.63) is 58.4 Å². The number of hydrogen-bond acceptors (Lipinski definition) is 5. The first kappa shape index (κ1) is 16.8. The highest BCUT2D eigenvalue weighted by molar-refractivity contribution is 6.07. The van der Waals surface area contributed by atoms with Crippen LogP contribution in [0, 0.1) is 0 Å². The quantitative estimate of drug-likeness (QED) is 0.574. The van der Waals surface area contributed by atoms with Gasteiger partial charge in [0, 0.05) is 31.1 Å². The average molecular weight is 352 g/mol. The van der Waals surface area contributed by atoms with Gasteiger partial charge in [0.15, 0.2) is 0 Å². The van der Waals surface area contributed by atoms with Crippen molar-refractivity contribution >= 4 is 27.6 Å². The van der Waals surface area contributed by atoms with Crippen LogP contribution >= 0.6 is 0 Å². The molecule has 1 aromatic heterocycles. The number of rotatable bonds is 4. The molecule has 0 spiro atoms. The minimum absolute atomic E-state index is 0.0467. The number of morpholine rings is 1. The van der Waals surface area contributed by atoms with Gasteiger partial charge in [0.1, 0.15) is 5.58 Å². The van der Waals surface area contributed by atoms with E-state index in [2.05, 4.69) is 5.32 Å². The Bertz CT molecular complexity index is 1010. The van der Waals surface area contributed by atoms with Gasteiger partial charge in [0.25, 0.3) is 0 Å². The summed E-state index contributed by atoms with van der Waals surface area (Å²) in [6.07, 6.45) is 0. The summed E-state index contributed by atoms with van der Waals surface area (Å²) in [5, 5.41) is 6.20. The number of fused-ring (bicyclic) bond motifs is 3. The van der Waals surface area contributed by atoms with E-state index in [-0.39, 0.29) is 18.1 Å². The molecule has 0 radical (unpaired) electrons. The molecule has 1 aliphatic rings. The van der Waals surface area contributed by atoms with Crippen LogP contribution < -0.4 is 10.9 Å². The summed E-state index contributed by atoms with van der Waals surface area (Å²) >= 11 is 0. The SMILES string of the molecule is O=C(CNCc1cc(=O)oc2ccc3ccccc3c12)N1CCOCC1. The van der Waals surface area contributed by atoms with Crippen LogP contribution in [0.3, 0.4) is 0 Å². The molecule has 1 saturated heterocycles. The van der Waals surface area contributed by atoms with Crippen molar-refractivity contribution in [2.45, 2.75) is 6.54 Å². The van der Waals surface area contributed by atoms with E-state index in [9.17, 15) is 9.59 Å². The van der Waals surface area contributed by atoms with Gasteiger partial charge in [-0.25, -0.2) is 4.79 Å². The molecule has 26 heavy (non-hydrogen) atoms. The zero-order valence-electron chi connectivity index (χ0n) is 14.4. The predicted molar refractivity (Wildman–Crippen MR) is 99.1 cm³/mol. The van der Waals surface area contributed by atoms with Gasteiger partial charge in [0.05, 0.1) is 19.8 Å². The molecule has 1 aliphatic heterocycles. The second-order valence-electron chi connectivity index (χ2n) is 6.35. The van der Waals surface area contributed by atoms with Gasteiger partial charge in [-0.1, -0.05) is 30.3 Å². The van der Waals surface area contributed by atoms with E-state index in [1.807, 2.05) is 36.4 Å². The smallest absolute Gasteiger partial charge is 0.336 e. The van der Waals surface area contributed by atoms with Crippen molar-refractivity contribution in [1.82, 2.24) is 10.2 Å². The van der Waals surface area contributed by atoms with Crippen LogP contribution in [0.4, 0.5) is 0 Å². The third-order valence-corrected chi connectivity index (χ3v) is 4.67. The van der Waals surface area contributed by atoms with E-state index in [4.69, 9.17) is 9.15 Å². The maximum atomic E-state index is 12.3. The number of nitrogens with zero attached hydrogens (tertiary/aromatic N) is 1. The number of ether oxygens (including phenoxy) is 1. The molecule has 6 nitrogen and oxygen atoms in total. The Morgan fingerprint density at radius 3 is 2.77 bits per heavy atom. The van der Waals surface area contributed by atoms with E-state index in [1.165, 1.54) is 6.07 Å². The molecule has 1 fully saturated rings. The second kappa shape index (κ2) is 7.27. The molecule has 3 aromatic rings. The van der Waals surface area contributed by atoms with Gasteiger partial charge < -0.3 is 19.4 Å². The number of carbonyl (C=O) groups is 1. The maximum Gasteiger partial charge on any atom is 0.336 e. The Morgan fingerprint density at radius 2 is 1.92 bits per heavy atom. The molecular formula is C20H20N2O4. The van der Waals surface area contributed by atoms with Crippen molar-refractivity contribution in [1.29, 1.82) is 0 Å². The van der Waals surface area contributed by atoms with Crippen molar-refractivity contribution in [2.75, 3.05) is 32.8 Å². The first-order chi connectivity index (χ1) is 12.7. The first-order valence-electron chi connectivity index (χ1n) is 8.73. The third-order valence-electron chi connectivity index (χ3n) is 4.67. The molecule has 0 aliphatic carbocycles. The van der Waals surface area contributed by atoms with Crippen LogP contribution in [0.2, 0.25) is 0 Å². The van der Waals surface area contributed by atoms with Crippen LogP contribution in [0.1, 0.15) is 5.56 Å². The second-order valence-corrected chi connectivity index (χ2v) is 6.35. The Hall–Kier alpha value is -2.70. The van der Waals surface area contributed by atoms with Crippen molar-refractivity contribution in [3.8, 4) is 0 Å². The van der Waals surface area contributed by atoms with Crippen molar-refractivity contribution in [2.24, 2.45) is 0 Å². The molecular weight excluding hydrogens is 332 g/mol. The van der Waals surface area contributed by atoms with Gasteiger partial charge in [-0.3, -0.25) is 4.79 Å². The summed E-state index contributed by atoms with van der Waals surface area (Å²) in [6.45, 7) is 3.08.